The van der Waals surface area contributed by atoms with Gasteiger partial charge in [0.2, 0.25) is 0 Å². The lowest BCUT2D eigenvalue weighted by molar-refractivity contribution is -0.116. The highest BCUT2D eigenvalue weighted by atomic mass is 16.5. The van der Waals surface area contributed by atoms with Crippen molar-refractivity contribution in [2.24, 2.45) is 0 Å². The average molecular weight is 510 g/mol. The minimum absolute atomic E-state index is 0.0484. The third kappa shape index (κ3) is 4.24. The summed E-state index contributed by atoms with van der Waals surface area (Å²) >= 11 is 0. The molecule has 0 spiro atoms. The highest BCUT2D eigenvalue weighted by Gasteiger charge is 2.43. The van der Waals surface area contributed by atoms with Gasteiger partial charge >= 0.3 is 6.03 Å². The van der Waals surface area contributed by atoms with Gasteiger partial charge in [-0.15, -0.1) is 0 Å². The molecule has 4 aromatic rings. The van der Waals surface area contributed by atoms with E-state index in [2.05, 4.69) is 10.6 Å². The minimum Gasteiger partial charge on any atom is -0.496 e. The maximum Gasteiger partial charge on any atom is 0.323 e. The normalized spacial score (nSPS) is 18.8. The summed E-state index contributed by atoms with van der Waals surface area (Å²) in [6.07, 6.45) is 4.04. The molecule has 192 valence electrons. The van der Waals surface area contributed by atoms with Gasteiger partial charge in [-0.25, -0.2) is 4.79 Å². The number of hydrogen-bond acceptors (Lipinski definition) is 6. The first-order valence-corrected chi connectivity index (χ1v) is 12.5. The van der Waals surface area contributed by atoms with Gasteiger partial charge in [0, 0.05) is 29.2 Å². The maximum absolute atomic E-state index is 14.0. The van der Waals surface area contributed by atoms with Crippen LogP contribution in [0.5, 0.6) is 5.75 Å². The quantitative estimate of drug-likeness (QED) is 0.334. The number of fused-ring (bicyclic) bond motifs is 1. The number of furan rings is 2. The number of para-hydroxylation sites is 3. The standard InChI is InChI=1S/C30H27N3O5/c1-36-27-12-5-2-9-21(27)29-28-23(16-19(17-25(28)34)26-13-7-15-38-26)32-22-10-3-4-11-24(22)33(29)30(35)31-18-20-8-6-14-37-20/h2-15,19,29,32H,16-18H2,1H3,(H,31,35)/t19-,29+/m0/s1. The van der Waals surface area contributed by atoms with Gasteiger partial charge in [-0.05, 0) is 48.9 Å². The van der Waals surface area contributed by atoms with Crippen LogP contribution in [0.25, 0.3) is 0 Å². The summed E-state index contributed by atoms with van der Waals surface area (Å²) in [6.45, 7) is 0.205. The molecule has 3 heterocycles. The molecule has 38 heavy (non-hydrogen) atoms. The number of ketones is 1. The van der Waals surface area contributed by atoms with Gasteiger partial charge in [0.15, 0.2) is 5.78 Å². The number of Topliss-reactive ketones (excluding diaryl/α,β-unsaturated/α-hetero) is 1. The van der Waals surface area contributed by atoms with Crippen LogP contribution < -0.4 is 20.3 Å². The molecule has 1 aliphatic heterocycles. The zero-order valence-corrected chi connectivity index (χ0v) is 20.8. The Labute approximate surface area is 219 Å². The Morgan fingerprint density at radius 2 is 1.79 bits per heavy atom. The first-order valence-electron chi connectivity index (χ1n) is 12.5. The molecule has 2 aromatic carbocycles. The van der Waals surface area contributed by atoms with Crippen molar-refractivity contribution in [1.29, 1.82) is 0 Å². The molecule has 8 nitrogen and oxygen atoms in total. The summed E-state index contributed by atoms with van der Waals surface area (Å²) in [4.78, 5) is 29.6. The van der Waals surface area contributed by atoms with Crippen LogP contribution in [0, 0.1) is 0 Å². The van der Waals surface area contributed by atoms with E-state index in [1.165, 1.54) is 0 Å². The fraction of sp³-hybridized carbons (Fsp3) is 0.200. The average Bonchev–Trinajstić information content (AvgIpc) is 3.64. The fourth-order valence-corrected chi connectivity index (χ4v) is 5.39. The number of rotatable bonds is 5. The van der Waals surface area contributed by atoms with E-state index in [9.17, 15) is 9.59 Å². The van der Waals surface area contributed by atoms with Crippen molar-refractivity contribution in [2.45, 2.75) is 31.3 Å². The lowest BCUT2D eigenvalue weighted by atomic mass is 9.80. The van der Waals surface area contributed by atoms with Crippen molar-refractivity contribution in [1.82, 2.24) is 5.32 Å². The van der Waals surface area contributed by atoms with Crippen molar-refractivity contribution in [3.8, 4) is 5.75 Å². The smallest absolute Gasteiger partial charge is 0.323 e. The lowest BCUT2D eigenvalue weighted by Crippen LogP contribution is -2.44. The molecule has 8 heteroatoms. The van der Waals surface area contributed by atoms with Gasteiger partial charge in [0.05, 0.1) is 43.6 Å². The number of hydrogen-bond donors (Lipinski definition) is 2. The molecule has 0 fully saturated rings. The number of allylic oxidation sites excluding steroid dienone is 1. The second kappa shape index (κ2) is 9.97. The van der Waals surface area contributed by atoms with Crippen molar-refractivity contribution < 1.29 is 23.2 Å². The molecule has 2 atom stereocenters. The number of carbonyl (C=O) groups excluding carboxylic acids is 2. The number of urea groups is 1. The van der Waals surface area contributed by atoms with Gasteiger partial charge in [0.1, 0.15) is 17.3 Å². The molecule has 0 radical (unpaired) electrons. The molecule has 0 saturated heterocycles. The largest absolute Gasteiger partial charge is 0.496 e. The number of ether oxygens (including phenoxy) is 1. The summed E-state index contributed by atoms with van der Waals surface area (Å²) in [7, 11) is 1.59. The second-order valence-corrected chi connectivity index (χ2v) is 9.33. The molecule has 0 bridgehead atoms. The first kappa shape index (κ1) is 23.7. The van der Waals surface area contributed by atoms with Crippen LogP contribution in [0.1, 0.15) is 41.9 Å². The number of nitrogens with zero attached hydrogens (tertiary/aromatic N) is 1. The third-order valence-corrected chi connectivity index (χ3v) is 7.08. The van der Waals surface area contributed by atoms with Crippen LogP contribution in [-0.2, 0) is 11.3 Å². The van der Waals surface area contributed by atoms with Crippen LogP contribution in [0.2, 0.25) is 0 Å². The predicted octanol–water partition coefficient (Wildman–Crippen LogP) is 6.17. The SMILES string of the molecule is COc1ccccc1[C@@H]1C2=C(C[C@H](c3ccco3)CC2=O)Nc2ccccc2N1C(=O)NCc1ccco1. The predicted molar refractivity (Wildman–Crippen MR) is 142 cm³/mol. The Bertz CT molecular complexity index is 1490. The Kier molecular flexibility index (Phi) is 6.21. The number of methoxy groups -OCH3 is 1. The van der Waals surface area contributed by atoms with Crippen LogP contribution in [0.15, 0.2) is 105 Å². The monoisotopic (exact) mass is 509 g/mol. The van der Waals surface area contributed by atoms with E-state index >= 15 is 0 Å². The molecular weight excluding hydrogens is 482 g/mol. The van der Waals surface area contributed by atoms with Gasteiger partial charge < -0.3 is 24.2 Å². The van der Waals surface area contributed by atoms with E-state index in [1.54, 1.807) is 36.7 Å². The Balaban J connectivity index is 1.51. The van der Waals surface area contributed by atoms with E-state index in [1.807, 2.05) is 60.7 Å². The van der Waals surface area contributed by atoms with E-state index in [4.69, 9.17) is 13.6 Å². The first-order chi connectivity index (χ1) is 18.6. The molecule has 2 aliphatic rings. The Hall–Kier alpha value is -4.72. The fourth-order valence-electron chi connectivity index (χ4n) is 5.39. The van der Waals surface area contributed by atoms with Crippen LogP contribution in [-0.4, -0.2) is 18.9 Å². The van der Waals surface area contributed by atoms with Crippen LogP contribution in [0.4, 0.5) is 16.2 Å². The third-order valence-electron chi connectivity index (χ3n) is 7.08. The second-order valence-electron chi connectivity index (χ2n) is 9.33. The summed E-state index contributed by atoms with van der Waals surface area (Å²) in [5.41, 5.74) is 3.42. The van der Waals surface area contributed by atoms with E-state index < -0.39 is 6.04 Å². The van der Waals surface area contributed by atoms with E-state index in [-0.39, 0.29) is 30.7 Å². The molecule has 2 N–H and O–H groups in total. The topological polar surface area (TPSA) is 97.0 Å². The molecule has 2 amide bonds. The molecule has 6 rings (SSSR count). The summed E-state index contributed by atoms with van der Waals surface area (Å²) in [5, 5.41) is 6.49. The zero-order chi connectivity index (χ0) is 26.1. The van der Waals surface area contributed by atoms with Gasteiger partial charge in [0.25, 0.3) is 0 Å². The molecule has 2 aromatic heterocycles. The summed E-state index contributed by atoms with van der Waals surface area (Å²) < 4.78 is 16.8. The Morgan fingerprint density at radius 1 is 1.00 bits per heavy atom. The molecular formula is C30H27N3O5. The number of amides is 2. The van der Waals surface area contributed by atoms with Crippen LogP contribution >= 0.6 is 0 Å². The number of benzene rings is 2. The summed E-state index contributed by atoms with van der Waals surface area (Å²) in [6, 6.07) is 21.3. The van der Waals surface area contributed by atoms with E-state index in [0.717, 1.165) is 22.7 Å². The maximum atomic E-state index is 14.0. The minimum atomic E-state index is -0.723. The van der Waals surface area contributed by atoms with Crippen molar-refractivity contribution in [3.05, 3.63) is 114 Å². The number of nitrogens with one attached hydrogen (secondary N) is 2. The van der Waals surface area contributed by atoms with Gasteiger partial charge in [-0.1, -0.05) is 30.3 Å². The van der Waals surface area contributed by atoms with E-state index in [0.29, 0.717) is 29.2 Å². The Morgan fingerprint density at radius 3 is 2.58 bits per heavy atom. The van der Waals surface area contributed by atoms with Crippen molar-refractivity contribution >= 4 is 23.2 Å². The van der Waals surface area contributed by atoms with Crippen LogP contribution in [0.3, 0.4) is 0 Å². The van der Waals surface area contributed by atoms with Crippen molar-refractivity contribution in [3.63, 3.8) is 0 Å². The number of anilines is 2. The zero-order valence-electron chi connectivity index (χ0n) is 20.8. The highest BCUT2D eigenvalue weighted by Crippen LogP contribution is 2.48. The molecule has 0 unspecified atom stereocenters. The molecule has 0 saturated carbocycles. The molecule has 1 aliphatic carbocycles. The lowest BCUT2D eigenvalue weighted by Gasteiger charge is -2.35. The highest BCUT2D eigenvalue weighted by molar-refractivity contribution is 6.06. The van der Waals surface area contributed by atoms with Gasteiger partial charge in [-0.3, -0.25) is 9.69 Å². The van der Waals surface area contributed by atoms with Crippen molar-refractivity contribution in [2.75, 3.05) is 17.3 Å². The number of carbonyl (C=O) groups is 2. The summed E-state index contributed by atoms with van der Waals surface area (Å²) in [5.74, 6) is 1.84. The van der Waals surface area contributed by atoms with Gasteiger partial charge in [-0.2, -0.15) is 0 Å².